The van der Waals surface area contributed by atoms with E-state index in [0.717, 1.165) is 27.5 Å². The number of aryl methyl sites for hydroxylation is 2. The van der Waals surface area contributed by atoms with Crippen LogP contribution in [0.5, 0.6) is 0 Å². The van der Waals surface area contributed by atoms with Crippen LogP contribution in [0.25, 0.3) is 16.9 Å². The minimum Gasteiger partial charge on any atom is -0.481 e. The number of nitrogens with one attached hydrogen (secondary N) is 1. The maximum atomic E-state index is 14.0. The van der Waals surface area contributed by atoms with Gasteiger partial charge in [-0.1, -0.05) is 32.0 Å². The topological polar surface area (TPSA) is 122 Å². The molecular formula is C33H39F3N6O4. The molecule has 0 saturated heterocycles. The van der Waals surface area contributed by atoms with Gasteiger partial charge in [0.25, 0.3) is 5.56 Å². The van der Waals surface area contributed by atoms with Crippen molar-refractivity contribution >= 4 is 17.5 Å². The van der Waals surface area contributed by atoms with Crippen LogP contribution >= 0.6 is 0 Å². The summed E-state index contributed by atoms with van der Waals surface area (Å²) in [6.45, 7) is 7.82. The lowest BCUT2D eigenvalue weighted by molar-refractivity contribution is -0.139. The van der Waals surface area contributed by atoms with Gasteiger partial charge in [-0.3, -0.25) is 14.4 Å². The number of nitrogens with zero attached hydrogens (tertiary/aromatic N) is 5. The lowest BCUT2D eigenvalue weighted by Gasteiger charge is -2.26. The van der Waals surface area contributed by atoms with Crippen molar-refractivity contribution in [3.8, 4) is 11.3 Å². The number of benzene rings is 1. The number of halogens is 3. The number of carboxylic acids is 1. The monoisotopic (exact) mass is 640 g/mol. The van der Waals surface area contributed by atoms with E-state index < -0.39 is 47.7 Å². The van der Waals surface area contributed by atoms with Gasteiger partial charge >= 0.3 is 12.1 Å². The van der Waals surface area contributed by atoms with Gasteiger partial charge in [-0.15, -0.1) is 0 Å². The molecule has 46 heavy (non-hydrogen) atoms. The van der Waals surface area contributed by atoms with Crippen LogP contribution in [0, 0.1) is 19.8 Å². The molecule has 13 heteroatoms. The number of likely N-dealkylation sites (N-methyl/N-ethyl adjacent to an activating group) is 1. The van der Waals surface area contributed by atoms with Gasteiger partial charge < -0.3 is 19.9 Å². The number of fused-ring (bicyclic) bond motifs is 1. The van der Waals surface area contributed by atoms with E-state index in [1.807, 2.05) is 45.9 Å². The van der Waals surface area contributed by atoms with Crippen molar-refractivity contribution in [3.05, 3.63) is 87.1 Å². The normalized spacial score (nSPS) is 13.4. The van der Waals surface area contributed by atoms with Crippen molar-refractivity contribution < 1.29 is 27.9 Å². The van der Waals surface area contributed by atoms with Crippen molar-refractivity contribution in [1.29, 1.82) is 0 Å². The highest BCUT2D eigenvalue weighted by atomic mass is 19.4. The predicted octanol–water partition coefficient (Wildman–Crippen LogP) is 5.22. The Morgan fingerprint density at radius 2 is 1.76 bits per heavy atom. The van der Waals surface area contributed by atoms with Crippen LogP contribution in [0.4, 0.5) is 13.2 Å². The SMILES string of the molecule is Cc1cccc(C)c1-c1cc([C@H](CC(=O)O)NC(=O)[C@@H](CC(C)C)n2cc(CCN(C)C)c(C(F)(F)F)cc2=O)nc2ccnn12. The lowest BCUT2D eigenvalue weighted by atomic mass is 9.97. The zero-order valence-corrected chi connectivity index (χ0v) is 26.7. The first-order chi connectivity index (χ1) is 21.6. The Hall–Kier alpha value is -4.52. The standard InChI is InChI=1S/C33H39F3N6O4/c1-19(2)14-27(41-18-22(11-13-40(5)6)23(15-29(41)43)33(34,35)36)32(46)39-25(17-30(44)45)24-16-26(42-28(38-24)10-12-37-42)31-20(3)8-7-9-21(31)4/h7-10,12,15-16,18-19,25,27H,11,13-14,17H2,1-6H3,(H,39,46)(H,44,45)/t25-,27+/m0/s1. The second-order valence-corrected chi connectivity index (χ2v) is 12.2. The number of pyridine rings is 1. The first kappa shape index (κ1) is 34.4. The molecule has 0 spiro atoms. The average Bonchev–Trinajstić information content (AvgIpc) is 3.43. The Balaban J connectivity index is 1.81. The summed E-state index contributed by atoms with van der Waals surface area (Å²) in [6, 6.07) is 7.37. The molecule has 2 N–H and O–H groups in total. The fraction of sp³-hybridized carbons (Fsp3) is 0.424. The van der Waals surface area contributed by atoms with Gasteiger partial charge in [0.15, 0.2) is 5.65 Å². The molecule has 0 unspecified atom stereocenters. The second kappa shape index (κ2) is 13.9. The van der Waals surface area contributed by atoms with Gasteiger partial charge in [-0.2, -0.15) is 18.3 Å². The smallest absolute Gasteiger partial charge is 0.416 e. The largest absolute Gasteiger partial charge is 0.481 e. The zero-order valence-electron chi connectivity index (χ0n) is 26.7. The van der Waals surface area contributed by atoms with Crippen LogP contribution in [0.3, 0.4) is 0 Å². The summed E-state index contributed by atoms with van der Waals surface area (Å²) in [5, 5.41) is 17.0. The van der Waals surface area contributed by atoms with Gasteiger partial charge in [0, 0.05) is 30.4 Å². The lowest BCUT2D eigenvalue weighted by Crippen LogP contribution is -2.41. The van der Waals surface area contributed by atoms with Crippen LogP contribution in [0.1, 0.15) is 66.7 Å². The van der Waals surface area contributed by atoms with E-state index >= 15 is 0 Å². The maximum absolute atomic E-state index is 14.0. The number of carbonyl (C=O) groups excluding carboxylic acids is 1. The van der Waals surface area contributed by atoms with E-state index in [4.69, 9.17) is 0 Å². The highest BCUT2D eigenvalue weighted by molar-refractivity contribution is 5.82. The maximum Gasteiger partial charge on any atom is 0.416 e. The predicted molar refractivity (Wildman–Crippen MR) is 167 cm³/mol. The van der Waals surface area contributed by atoms with Crippen LogP contribution in [-0.4, -0.2) is 61.7 Å². The van der Waals surface area contributed by atoms with Gasteiger partial charge in [-0.05, 0) is 69.5 Å². The Bertz CT molecular complexity index is 1770. The first-order valence-electron chi connectivity index (χ1n) is 15.0. The van der Waals surface area contributed by atoms with Crippen molar-refractivity contribution in [3.63, 3.8) is 0 Å². The number of aliphatic carboxylic acids is 1. The van der Waals surface area contributed by atoms with Crippen LogP contribution in [0.2, 0.25) is 0 Å². The highest BCUT2D eigenvalue weighted by Crippen LogP contribution is 2.33. The molecule has 1 aromatic carbocycles. The van der Waals surface area contributed by atoms with Gasteiger partial charge in [0.1, 0.15) is 6.04 Å². The highest BCUT2D eigenvalue weighted by Gasteiger charge is 2.36. The quantitative estimate of drug-likeness (QED) is 0.218. The second-order valence-electron chi connectivity index (χ2n) is 12.2. The molecule has 0 aliphatic rings. The fourth-order valence-corrected chi connectivity index (χ4v) is 5.62. The fourth-order valence-electron chi connectivity index (χ4n) is 5.62. The number of hydrogen-bond donors (Lipinski definition) is 2. The molecule has 0 aliphatic carbocycles. The molecule has 2 atom stereocenters. The van der Waals surface area contributed by atoms with E-state index in [9.17, 15) is 32.7 Å². The molecule has 0 aliphatic heterocycles. The summed E-state index contributed by atoms with van der Waals surface area (Å²) < 4.78 is 44.4. The van der Waals surface area contributed by atoms with Crippen LogP contribution < -0.4 is 10.9 Å². The van der Waals surface area contributed by atoms with E-state index in [1.54, 1.807) is 41.8 Å². The van der Waals surface area contributed by atoms with Crippen molar-refractivity contribution in [2.24, 2.45) is 5.92 Å². The number of carbonyl (C=O) groups is 2. The summed E-state index contributed by atoms with van der Waals surface area (Å²) in [5.74, 6) is -2.04. The van der Waals surface area contributed by atoms with E-state index in [0.29, 0.717) is 17.4 Å². The molecule has 3 heterocycles. The van der Waals surface area contributed by atoms with Crippen LogP contribution in [0.15, 0.2) is 53.6 Å². The molecule has 4 aromatic rings. The molecule has 0 fully saturated rings. The van der Waals surface area contributed by atoms with Gasteiger partial charge in [-0.25, -0.2) is 9.50 Å². The Morgan fingerprint density at radius 3 is 2.35 bits per heavy atom. The average molecular weight is 641 g/mol. The third-order valence-corrected chi connectivity index (χ3v) is 7.80. The molecule has 0 saturated carbocycles. The number of aromatic nitrogens is 4. The van der Waals surface area contributed by atoms with E-state index in [-0.39, 0.29) is 36.6 Å². The Morgan fingerprint density at radius 1 is 1.09 bits per heavy atom. The van der Waals surface area contributed by atoms with Crippen LogP contribution in [-0.2, 0) is 22.2 Å². The van der Waals surface area contributed by atoms with Crippen molar-refractivity contribution in [1.82, 2.24) is 29.4 Å². The van der Waals surface area contributed by atoms with E-state index in [2.05, 4.69) is 15.4 Å². The molecule has 10 nitrogen and oxygen atoms in total. The van der Waals surface area contributed by atoms with E-state index in [1.165, 1.54) is 0 Å². The molecule has 3 aromatic heterocycles. The van der Waals surface area contributed by atoms with Crippen molar-refractivity contribution in [2.45, 2.75) is 65.2 Å². The van der Waals surface area contributed by atoms with Crippen molar-refractivity contribution in [2.75, 3.05) is 20.6 Å². The molecule has 246 valence electrons. The molecular weight excluding hydrogens is 601 g/mol. The molecule has 4 rings (SSSR count). The Labute approximate surface area is 264 Å². The molecule has 0 radical (unpaired) electrons. The first-order valence-corrected chi connectivity index (χ1v) is 15.0. The number of amides is 1. The van der Waals surface area contributed by atoms with Gasteiger partial charge in [0.2, 0.25) is 5.91 Å². The summed E-state index contributed by atoms with van der Waals surface area (Å²) in [6.07, 6.45) is -2.49. The minimum atomic E-state index is -4.76. The third-order valence-electron chi connectivity index (χ3n) is 7.80. The number of alkyl halides is 3. The summed E-state index contributed by atoms with van der Waals surface area (Å²) in [4.78, 5) is 45.6. The Kier molecular flexibility index (Phi) is 10.3. The summed E-state index contributed by atoms with van der Waals surface area (Å²) in [7, 11) is 3.45. The number of rotatable bonds is 12. The summed E-state index contributed by atoms with van der Waals surface area (Å²) >= 11 is 0. The third kappa shape index (κ3) is 7.82. The van der Waals surface area contributed by atoms with Gasteiger partial charge in [0.05, 0.1) is 35.6 Å². The molecule has 0 bridgehead atoms. The molecule has 1 amide bonds. The zero-order chi connectivity index (χ0) is 33.9. The minimum absolute atomic E-state index is 0.00381. The number of hydrogen-bond acceptors (Lipinski definition) is 6. The summed E-state index contributed by atoms with van der Waals surface area (Å²) in [5.41, 5.74) is 1.99. The number of carboxylic acid groups (broad SMARTS) is 1.